The zero-order valence-corrected chi connectivity index (χ0v) is 10.1. The van der Waals surface area contributed by atoms with Crippen molar-refractivity contribution in [3.8, 4) is 0 Å². The third-order valence-electron chi connectivity index (χ3n) is 3.15. The Bertz CT molecular complexity index is 371. The fourth-order valence-corrected chi connectivity index (χ4v) is 2.76. The quantitative estimate of drug-likeness (QED) is 0.461. The summed E-state index contributed by atoms with van der Waals surface area (Å²) in [6.45, 7) is 1.97. The van der Waals surface area contributed by atoms with E-state index in [0.29, 0.717) is 5.92 Å². The molecule has 0 radical (unpaired) electrons. The van der Waals surface area contributed by atoms with E-state index in [1.54, 1.807) is 0 Å². The van der Waals surface area contributed by atoms with Gasteiger partial charge in [-0.1, -0.05) is 0 Å². The molecule has 1 aliphatic carbocycles. The minimum absolute atomic E-state index is 0.0409. The van der Waals surface area contributed by atoms with Gasteiger partial charge in [-0.05, 0) is 44.1 Å². The lowest BCUT2D eigenvalue weighted by Gasteiger charge is -2.25. The van der Waals surface area contributed by atoms with Crippen molar-refractivity contribution in [1.29, 1.82) is 0 Å². The summed E-state index contributed by atoms with van der Waals surface area (Å²) in [7, 11) is 0. The number of hydrazine groups is 1. The SMILES string of the molecule is Cc1nc([C@H]2CC[C@H](C(=O)NN)CC2)ns1. The van der Waals surface area contributed by atoms with E-state index >= 15 is 0 Å². The van der Waals surface area contributed by atoms with Crippen LogP contribution in [0.4, 0.5) is 0 Å². The number of hydrogen-bond donors (Lipinski definition) is 2. The molecule has 1 aliphatic rings. The summed E-state index contributed by atoms with van der Waals surface area (Å²) < 4.78 is 4.33. The second-order valence-corrected chi connectivity index (χ2v) is 5.18. The Kier molecular flexibility index (Phi) is 3.50. The van der Waals surface area contributed by atoms with E-state index in [1.165, 1.54) is 11.5 Å². The molecule has 88 valence electrons. The van der Waals surface area contributed by atoms with Gasteiger partial charge in [0, 0.05) is 11.8 Å². The summed E-state index contributed by atoms with van der Waals surface area (Å²) in [6, 6.07) is 0. The first-order valence-corrected chi connectivity index (χ1v) is 6.28. The number of carbonyl (C=O) groups is 1. The average Bonchev–Trinajstić information content (AvgIpc) is 2.75. The smallest absolute Gasteiger partial charge is 0.236 e. The third kappa shape index (κ3) is 2.38. The van der Waals surface area contributed by atoms with Crippen molar-refractivity contribution < 1.29 is 4.79 Å². The molecule has 0 spiro atoms. The minimum atomic E-state index is -0.0409. The van der Waals surface area contributed by atoms with Crippen molar-refractivity contribution in [2.45, 2.75) is 38.5 Å². The van der Waals surface area contributed by atoms with Gasteiger partial charge < -0.3 is 0 Å². The molecule has 1 fully saturated rings. The van der Waals surface area contributed by atoms with Gasteiger partial charge in [0.2, 0.25) is 5.91 Å². The molecule has 1 aromatic heterocycles. The highest BCUT2D eigenvalue weighted by Crippen LogP contribution is 2.34. The predicted molar refractivity (Wildman–Crippen MR) is 61.7 cm³/mol. The Morgan fingerprint density at radius 1 is 1.44 bits per heavy atom. The van der Waals surface area contributed by atoms with Crippen LogP contribution in [-0.4, -0.2) is 15.3 Å². The summed E-state index contributed by atoms with van der Waals surface area (Å²) in [5, 5.41) is 1.01. The summed E-state index contributed by atoms with van der Waals surface area (Å²) in [4.78, 5) is 15.8. The third-order valence-corrected chi connectivity index (χ3v) is 3.78. The molecule has 3 N–H and O–H groups in total. The predicted octanol–water partition coefficient (Wildman–Crippen LogP) is 1.11. The lowest BCUT2D eigenvalue weighted by Crippen LogP contribution is -2.37. The van der Waals surface area contributed by atoms with Crippen molar-refractivity contribution in [2.75, 3.05) is 0 Å². The van der Waals surface area contributed by atoms with E-state index in [2.05, 4.69) is 14.8 Å². The van der Waals surface area contributed by atoms with E-state index in [0.717, 1.165) is 36.5 Å². The van der Waals surface area contributed by atoms with Crippen LogP contribution in [0.3, 0.4) is 0 Å². The van der Waals surface area contributed by atoms with Gasteiger partial charge in [0.15, 0.2) is 0 Å². The van der Waals surface area contributed by atoms with Crippen molar-refractivity contribution >= 4 is 17.4 Å². The topological polar surface area (TPSA) is 80.9 Å². The van der Waals surface area contributed by atoms with Gasteiger partial charge in [-0.25, -0.2) is 10.8 Å². The van der Waals surface area contributed by atoms with Gasteiger partial charge in [0.05, 0.1) is 0 Å². The number of nitrogens with two attached hydrogens (primary N) is 1. The van der Waals surface area contributed by atoms with Gasteiger partial charge in [0.25, 0.3) is 0 Å². The van der Waals surface area contributed by atoms with E-state index in [-0.39, 0.29) is 11.8 Å². The maximum Gasteiger partial charge on any atom is 0.236 e. The fourth-order valence-electron chi connectivity index (χ4n) is 2.21. The molecule has 0 atom stereocenters. The Hall–Kier alpha value is -1.01. The molecular weight excluding hydrogens is 224 g/mol. The van der Waals surface area contributed by atoms with Crippen LogP contribution in [0.2, 0.25) is 0 Å². The van der Waals surface area contributed by atoms with Crippen LogP contribution in [0.5, 0.6) is 0 Å². The van der Waals surface area contributed by atoms with E-state index in [1.807, 2.05) is 6.92 Å². The first-order valence-electron chi connectivity index (χ1n) is 5.51. The lowest BCUT2D eigenvalue weighted by molar-refractivity contribution is -0.126. The molecule has 0 aliphatic heterocycles. The maximum absolute atomic E-state index is 11.3. The average molecular weight is 240 g/mol. The van der Waals surface area contributed by atoms with Crippen molar-refractivity contribution in [2.24, 2.45) is 11.8 Å². The van der Waals surface area contributed by atoms with Crippen LogP contribution in [0, 0.1) is 12.8 Å². The molecule has 0 unspecified atom stereocenters. The maximum atomic E-state index is 11.3. The highest BCUT2D eigenvalue weighted by Gasteiger charge is 2.28. The number of carbonyl (C=O) groups excluding carboxylic acids is 1. The van der Waals surface area contributed by atoms with Crippen molar-refractivity contribution in [1.82, 2.24) is 14.8 Å². The normalized spacial score (nSPS) is 25.4. The molecule has 6 heteroatoms. The van der Waals surface area contributed by atoms with E-state index in [9.17, 15) is 4.79 Å². The standard InChI is InChI=1S/C10H16N4OS/c1-6-12-9(14-16-6)7-2-4-8(5-3-7)10(15)13-11/h7-8H,2-5,11H2,1H3,(H,13,15)/t7-,8-. The highest BCUT2D eigenvalue weighted by molar-refractivity contribution is 7.05. The summed E-state index contributed by atoms with van der Waals surface area (Å²) in [5.74, 6) is 6.53. The van der Waals surface area contributed by atoms with Gasteiger partial charge in [0.1, 0.15) is 10.8 Å². The molecule has 1 aromatic rings. The lowest BCUT2D eigenvalue weighted by atomic mass is 9.81. The summed E-state index contributed by atoms with van der Waals surface area (Å²) in [6.07, 6.45) is 3.72. The number of hydrogen-bond acceptors (Lipinski definition) is 5. The van der Waals surface area contributed by atoms with Crippen LogP contribution in [0.15, 0.2) is 0 Å². The molecule has 16 heavy (non-hydrogen) atoms. The number of amides is 1. The van der Waals surface area contributed by atoms with Crippen LogP contribution >= 0.6 is 11.5 Å². The first-order chi connectivity index (χ1) is 7.70. The Morgan fingerprint density at radius 2 is 2.12 bits per heavy atom. The fraction of sp³-hybridized carbons (Fsp3) is 0.700. The van der Waals surface area contributed by atoms with Crippen molar-refractivity contribution in [3.05, 3.63) is 10.8 Å². The van der Waals surface area contributed by atoms with Crippen LogP contribution in [-0.2, 0) is 4.79 Å². The Labute approximate surface area is 98.6 Å². The second-order valence-electron chi connectivity index (χ2n) is 4.23. The van der Waals surface area contributed by atoms with Crippen molar-refractivity contribution in [3.63, 3.8) is 0 Å². The Balaban J connectivity index is 1.92. The molecule has 5 nitrogen and oxygen atoms in total. The van der Waals surface area contributed by atoms with Gasteiger partial charge in [-0.2, -0.15) is 4.37 Å². The van der Waals surface area contributed by atoms with Gasteiger partial charge in [-0.15, -0.1) is 0 Å². The van der Waals surface area contributed by atoms with Gasteiger partial charge >= 0.3 is 0 Å². The largest absolute Gasteiger partial charge is 0.294 e. The number of nitrogens with one attached hydrogen (secondary N) is 1. The number of nitrogens with zero attached hydrogens (tertiary/aromatic N) is 2. The zero-order chi connectivity index (χ0) is 11.5. The summed E-state index contributed by atoms with van der Waals surface area (Å²) in [5.41, 5.74) is 2.23. The molecule has 1 amide bonds. The second kappa shape index (κ2) is 4.88. The zero-order valence-electron chi connectivity index (χ0n) is 9.27. The first kappa shape index (κ1) is 11.5. The Morgan fingerprint density at radius 3 is 2.62 bits per heavy atom. The molecule has 0 saturated heterocycles. The van der Waals surface area contributed by atoms with E-state index < -0.39 is 0 Å². The summed E-state index contributed by atoms with van der Waals surface area (Å²) >= 11 is 1.45. The molecule has 0 aromatic carbocycles. The van der Waals surface area contributed by atoms with Crippen LogP contribution in [0.1, 0.15) is 42.4 Å². The van der Waals surface area contributed by atoms with Gasteiger partial charge in [-0.3, -0.25) is 10.2 Å². The van der Waals surface area contributed by atoms with E-state index in [4.69, 9.17) is 5.84 Å². The molecule has 2 rings (SSSR count). The van der Waals surface area contributed by atoms with Crippen LogP contribution in [0.25, 0.3) is 0 Å². The van der Waals surface area contributed by atoms with Crippen LogP contribution < -0.4 is 11.3 Å². The number of rotatable bonds is 2. The molecule has 1 saturated carbocycles. The minimum Gasteiger partial charge on any atom is -0.294 e. The highest BCUT2D eigenvalue weighted by atomic mass is 32.1. The number of aromatic nitrogens is 2. The molecule has 0 bridgehead atoms. The molecular formula is C10H16N4OS. The molecule has 1 heterocycles. The number of aryl methyl sites for hydroxylation is 1. The monoisotopic (exact) mass is 240 g/mol.